The van der Waals surface area contributed by atoms with Gasteiger partial charge in [-0.3, -0.25) is 4.18 Å². The third-order valence-corrected chi connectivity index (χ3v) is 7.91. The van der Waals surface area contributed by atoms with E-state index < -0.39 is 26.9 Å². The normalized spacial score (nSPS) is 32.6. The van der Waals surface area contributed by atoms with Crippen molar-refractivity contribution in [3.63, 3.8) is 0 Å². The van der Waals surface area contributed by atoms with Crippen molar-refractivity contribution in [3.05, 3.63) is 29.3 Å². The molecule has 3 aliphatic rings. The molecular formula is C18H22Na2O8S2. The van der Waals surface area contributed by atoms with Crippen molar-refractivity contribution < 1.29 is 93.4 Å². The molecule has 12 heteroatoms. The van der Waals surface area contributed by atoms with Crippen molar-refractivity contribution in [2.45, 2.75) is 57.5 Å². The van der Waals surface area contributed by atoms with Crippen LogP contribution < -0.4 is 63.3 Å². The summed E-state index contributed by atoms with van der Waals surface area (Å²) in [5.74, 6) is 0.929. The molecule has 8 nitrogen and oxygen atoms in total. The first-order valence-corrected chi connectivity index (χ1v) is 12.1. The van der Waals surface area contributed by atoms with E-state index in [1.54, 1.807) is 6.07 Å². The van der Waals surface area contributed by atoms with Crippen molar-refractivity contribution in [2.24, 2.45) is 17.3 Å². The van der Waals surface area contributed by atoms with Crippen LogP contribution in [0.4, 0.5) is 0 Å². The SMILES string of the molecule is C[C@]12CC[C@@H]3c4ccc(OS(=O)(=O)[O-])cc4CC[C@H]3[C@@H]1CC[C@@H]2OS(=O)(=O)[O-].[Na+].[Na+]. The largest absolute Gasteiger partial charge is 1.00 e. The monoisotopic (exact) mass is 476 g/mol. The molecule has 2 saturated carbocycles. The van der Waals surface area contributed by atoms with Crippen LogP contribution in [0.5, 0.6) is 5.75 Å². The maximum Gasteiger partial charge on any atom is 1.00 e. The molecule has 0 aromatic heterocycles. The molecule has 2 fully saturated rings. The van der Waals surface area contributed by atoms with Crippen molar-refractivity contribution in [2.75, 3.05) is 0 Å². The molecule has 0 unspecified atom stereocenters. The van der Waals surface area contributed by atoms with Crippen LogP contribution in [0.15, 0.2) is 18.2 Å². The van der Waals surface area contributed by atoms with E-state index in [9.17, 15) is 25.9 Å². The summed E-state index contributed by atoms with van der Waals surface area (Å²) in [6, 6.07) is 4.97. The van der Waals surface area contributed by atoms with E-state index in [4.69, 9.17) is 4.18 Å². The van der Waals surface area contributed by atoms with Crippen LogP contribution in [0.1, 0.15) is 56.1 Å². The molecule has 0 heterocycles. The van der Waals surface area contributed by atoms with Gasteiger partial charge in [-0.25, -0.2) is 16.8 Å². The van der Waals surface area contributed by atoms with Gasteiger partial charge in [0.25, 0.3) is 10.4 Å². The van der Waals surface area contributed by atoms with Gasteiger partial charge in [-0.05, 0) is 85.0 Å². The molecule has 1 aromatic rings. The minimum atomic E-state index is -4.81. The Balaban J connectivity index is 0.00000160. The maximum absolute atomic E-state index is 11.1. The summed E-state index contributed by atoms with van der Waals surface area (Å²) in [6.07, 6.45) is 4.01. The van der Waals surface area contributed by atoms with Gasteiger partial charge in [0.05, 0.1) is 6.10 Å². The fraction of sp³-hybridized carbons (Fsp3) is 0.667. The zero-order chi connectivity index (χ0) is 20.3. The van der Waals surface area contributed by atoms with Crippen molar-refractivity contribution >= 4 is 20.8 Å². The molecule has 1 aromatic carbocycles. The number of hydrogen-bond donors (Lipinski definition) is 0. The second-order valence-electron chi connectivity index (χ2n) is 8.38. The number of aryl methyl sites for hydroxylation is 1. The van der Waals surface area contributed by atoms with Gasteiger partial charge in [0, 0.05) is 0 Å². The fourth-order valence-corrected chi connectivity index (χ4v) is 6.92. The molecule has 0 aliphatic heterocycles. The van der Waals surface area contributed by atoms with Crippen LogP contribution in [0.2, 0.25) is 0 Å². The smallest absolute Gasteiger partial charge is 0.726 e. The van der Waals surface area contributed by atoms with Gasteiger partial charge in [0.2, 0.25) is 10.4 Å². The summed E-state index contributed by atoms with van der Waals surface area (Å²) in [6.45, 7) is 2.03. The van der Waals surface area contributed by atoms with Crippen molar-refractivity contribution in [3.8, 4) is 5.75 Å². The third-order valence-electron chi connectivity index (χ3n) is 7.04. The zero-order valence-electron chi connectivity index (χ0n) is 17.4. The second kappa shape index (κ2) is 9.58. The Bertz CT molecular complexity index is 997. The third kappa shape index (κ3) is 5.47. The molecule has 5 atom stereocenters. The van der Waals surface area contributed by atoms with Crippen molar-refractivity contribution in [1.29, 1.82) is 0 Å². The van der Waals surface area contributed by atoms with E-state index in [1.165, 1.54) is 6.07 Å². The van der Waals surface area contributed by atoms with Gasteiger partial charge >= 0.3 is 59.1 Å². The van der Waals surface area contributed by atoms with Crippen LogP contribution in [-0.2, 0) is 31.4 Å². The first-order valence-electron chi connectivity index (χ1n) is 9.38. The molecule has 0 amide bonds. The van der Waals surface area contributed by atoms with Gasteiger partial charge in [0.1, 0.15) is 5.75 Å². The van der Waals surface area contributed by atoms with E-state index in [-0.39, 0.29) is 82.1 Å². The molecule has 0 saturated heterocycles. The standard InChI is InChI=1S/C18H24O8S2.2Na/c1-18-9-8-14-13-5-3-12(25-27(19,20)21)10-11(13)2-4-15(14)16(18)6-7-17(18)26-28(22,23)24;;/h3,5,10,14-17H,2,4,6-9H2,1H3,(H,19,20,21)(H,22,23,24);;/q;2*+1/p-2/t14-,15-,16+,17+,18+;;/m1../s1. The molecule has 156 valence electrons. The van der Waals surface area contributed by atoms with Crippen LogP contribution in [0.25, 0.3) is 0 Å². The second-order valence-corrected chi connectivity index (χ2v) is 10.4. The topological polar surface area (TPSA) is 133 Å². The van der Waals surface area contributed by atoms with E-state index in [2.05, 4.69) is 4.18 Å². The van der Waals surface area contributed by atoms with Crippen molar-refractivity contribution in [1.82, 2.24) is 0 Å². The molecule has 0 bridgehead atoms. The van der Waals surface area contributed by atoms with E-state index in [0.29, 0.717) is 12.3 Å². The Hall–Kier alpha value is 0.800. The molecule has 4 rings (SSSR count). The van der Waals surface area contributed by atoms with Crippen LogP contribution >= 0.6 is 0 Å². The van der Waals surface area contributed by atoms with Crippen LogP contribution in [0.3, 0.4) is 0 Å². The predicted octanol–water partition coefficient (Wildman–Crippen LogP) is -3.76. The molecule has 30 heavy (non-hydrogen) atoms. The summed E-state index contributed by atoms with van der Waals surface area (Å²) in [7, 11) is -9.54. The first-order chi connectivity index (χ1) is 13.0. The van der Waals surface area contributed by atoms with Gasteiger partial charge in [0.15, 0.2) is 0 Å². The summed E-state index contributed by atoms with van der Waals surface area (Å²) in [4.78, 5) is 0. The Morgan fingerprint density at radius 2 is 1.70 bits per heavy atom. The average Bonchev–Trinajstić information content (AvgIpc) is 2.88. The molecule has 0 spiro atoms. The molecule has 3 aliphatic carbocycles. The molecular weight excluding hydrogens is 454 g/mol. The zero-order valence-corrected chi connectivity index (χ0v) is 23.0. The number of fused-ring (bicyclic) bond motifs is 5. The Kier molecular flexibility index (Phi) is 8.64. The molecule has 0 radical (unpaired) electrons. The average molecular weight is 476 g/mol. The summed E-state index contributed by atoms with van der Waals surface area (Å²) in [5, 5.41) is 0. The summed E-state index contributed by atoms with van der Waals surface area (Å²) < 4.78 is 75.2. The maximum atomic E-state index is 11.1. The number of rotatable bonds is 4. The predicted molar refractivity (Wildman–Crippen MR) is 96.0 cm³/mol. The van der Waals surface area contributed by atoms with Gasteiger partial charge < -0.3 is 13.3 Å². The van der Waals surface area contributed by atoms with Gasteiger partial charge in [-0.1, -0.05) is 13.0 Å². The van der Waals surface area contributed by atoms with Gasteiger partial charge in [-0.15, -0.1) is 0 Å². The summed E-state index contributed by atoms with van der Waals surface area (Å²) in [5.41, 5.74) is 1.78. The Labute approximate surface area is 222 Å². The number of benzene rings is 1. The van der Waals surface area contributed by atoms with Crippen LogP contribution in [0, 0.1) is 17.3 Å². The van der Waals surface area contributed by atoms with Crippen LogP contribution in [-0.4, -0.2) is 32.0 Å². The summed E-state index contributed by atoms with van der Waals surface area (Å²) >= 11 is 0. The minimum Gasteiger partial charge on any atom is -0.726 e. The minimum absolute atomic E-state index is 0. The van der Waals surface area contributed by atoms with E-state index in [0.717, 1.165) is 43.2 Å². The van der Waals surface area contributed by atoms with E-state index in [1.807, 2.05) is 13.0 Å². The van der Waals surface area contributed by atoms with E-state index >= 15 is 0 Å². The molecule has 0 N–H and O–H groups in total. The quantitative estimate of drug-likeness (QED) is 0.246. The Morgan fingerprint density at radius 3 is 2.33 bits per heavy atom. The van der Waals surface area contributed by atoms with Gasteiger partial charge in [-0.2, -0.15) is 0 Å². The Morgan fingerprint density at radius 1 is 1.00 bits per heavy atom. The first kappa shape index (κ1) is 27.0. The number of hydrogen-bond acceptors (Lipinski definition) is 8. The fourth-order valence-electron chi connectivity index (χ4n) is 5.98.